The molecular formula is C23H29Cl2NO3. The average Bonchev–Trinajstić information content (AvgIpc) is 2.70. The van der Waals surface area contributed by atoms with Gasteiger partial charge in [-0.05, 0) is 61.9 Å². The van der Waals surface area contributed by atoms with Crippen molar-refractivity contribution in [1.29, 1.82) is 0 Å². The standard InChI is InChI=1S/C23H29Cl2NO3/c1-5-7-8-9-16-10-11-20(14(3)12-16)29-19(6-2)23(28)26-18-13-17(24)15(4)21(25)22(18)27/h10-13,19,27H,5-9H2,1-4H3,(H,26,28). The Morgan fingerprint density at radius 1 is 1.17 bits per heavy atom. The number of unbranched alkanes of at least 4 members (excludes halogenated alkanes) is 2. The second-order valence-corrected chi connectivity index (χ2v) is 8.04. The fraction of sp³-hybridized carbons (Fsp3) is 0.435. The van der Waals surface area contributed by atoms with Gasteiger partial charge in [0.25, 0.3) is 5.91 Å². The van der Waals surface area contributed by atoms with Gasteiger partial charge in [0, 0.05) is 5.02 Å². The SMILES string of the molecule is CCCCCc1ccc(OC(CC)C(=O)Nc2cc(Cl)c(C)c(Cl)c2O)c(C)c1. The number of aromatic hydroxyl groups is 1. The fourth-order valence-corrected chi connectivity index (χ4v) is 3.52. The lowest BCUT2D eigenvalue weighted by atomic mass is 10.0. The Morgan fingerprint density at radius 3 is 2.52 bits per heavy atom. The molecule has 0 aliphatic heterocycles. The average molecular weight is 438 g/mol. The highest BCUT2D eigenvalue weighted by atomic mass is 35.5. The quantitative estimate of drug-likeness (QED) is 0.333. The topological polar surface area (TPSA) is 58.6 Å². The highest BCUT2D eigenvalue weighted by Crippen LogP contribution is 2.39. The molecule has 0 heterocycles. The van der Waals surface area contributed by atoms with Crippen LogP contribution in [0.3, 0.4) is 0 Å². The van der Waals surface area contributed by atoms with Crippen LogP contribution >= 0.6 is 23.2 Å². The van der Waals surface area contributed by atoms with Crippen molar-refractivity contribution in [2.45, 2.75) is 65.9 Å². The Hall–Kier alpha value is -1.91. The lowest BCUT2D eigenvalue weighted by molar-refractivity contribution is -0.122. The van der Waals surface area contributed by atoms with Crippen LogP contribution in [0.4, 0.5) is 5.69 Å². The van der Waals surface area contributed by atoms with Crippen LogP contribution in [0, 0.1) is 13.8 Å². The van der Waals surface area contributed by atoms with Gasteiger partial charge in [-0.3, -0.25) is 4.79 Å². The zero-order valence-electron chi connectivity index (χ0n) is 17.4. The Bertz CT molecular complexity index is 868. The van der Waals surface area contributed by atoms with Gasteiger partial charge < -0.3 is 15.2 Å². The Kier molecular flexibility index (Phi) is 8.66. The second-order valence-electron chi connectivity index (χ2n) is 7.25. The number of carbonyl (C=O) groups excluding carboxylic acids is 1. The third-order valence-corrected chi connectivity index (χ3v) is 5.78. The molecule has 0 bridgehead atoms. The summed E-state index contributed by atoms with van der Waals surface area (Å²) >= 11 is 12.2. The molecule has 0 saturated heterocycles. The van der Waals surface area contributed by atoms with Crippen molar-refractivity contribution in [3.8, 4) is 11.5 Å². The van der Waals surface area contributed by atoms with Crippen molar-refractivity contribution in [2.75, 3.05) is 5.32 Å². The highest BCUT2D eigenvalue weighted by molar-refractivity contribution is 6.37. The molecule has 158 valence electrons. The molecule has 29 heavy (non-hydrogen) atoms. The van der Waals surface area contributed by atoms with E-state index in [4.69, 9.17) is 27.9 Å². The first-order valence-corrected chi connectivity index (χ1v) is 10.8. The monoisotopic (exact) mass is 437 g/mol. The summed E-state index contributed by atoms with van der Waals surface area (Å²) in [7, 11) is 0. The predicted octanol–water partition coefficient (Wildman–Crippen LogP) is 6.84. The van der Waals surface area contributed by atoms with Gasteiger partial charge in [-0.15, -0.1) is 0 Å². The van der Waals surface area contributed by atoms with E-state index in [2.05, 4.69) is 18.3 Å². The number of ether oxygens (including phenoxy) is 1. The second kappa shape index (κ2) is 10.7. The largest absolute Gasteiger partial charge is 0.504 e. The minimum atomic E-state index is -0.710. The van der Waals surface area contributed by atoms with Crippen LogP contribution in [-0.4, -0.2) is 17.1 Å². The number of halogens is 2. The number of rotatable bonds is 9. The minimum Gasteiger partial charge on any atom is -0.504 e. The van der Waals surface area contributed by atoms with Crippen molar-refractivity contribution < 1.29 is 14.6 Å². The number of amides is 1. The summed E-state index contributed by atoms with van der Waals surface area (Å²) in [5.41, 5.74) is 2.99. The maximum absolute atomic E-state index is 12.7. The number of aryl methyl sites for hydroxylation is 2. The molecule has 0 saturated carbocycles. The predicted molar refractivity (Wildman–Crippen MR) is 121 cm³/mol. The Labute approximate surface area is 183 Å². The molecule has 0 radical (unpaired) electrons. The Morgan fingerprint density at radius 2 is 1.90 bits per heavy atom. The summed E-state index contributed by atoms with van der Waals surface area (Å²) in [6.45, 7) is 7.74. The third-order valence-electron chi connectivity index (χ3n) is 4.92. The number of phenols is 1. The summed E-state index contributed by atoms with van der Waals surface area (Å²) in [5, 5.41) is 13.4. The van der Waals surface area contributed by atoms with Crippen LogP contribution in [0.15, 0.2) is 24.3 Å². The summed E-state index contributed by atoms with van der Waals surface area (Å²) < 4.78 is 5.97. The number of nitrogens with one attached hydrogen (secondary N) is 1. The smallest absolute Gasteiger partial charge is 0.265 e. The number of benzene rings is 2. The molecule has 1 atom stereocenters. The number of anilines is 1. The third kappa shape index (κ3) is 6.03. The summed E-state index contributed by atoms with van der Waals surface area (Å²) in [6, 6.07) is 7.57. The summed E-state index contributed by atoms with van der Waals surface area (Å²) in [5.74, 6) is 0.102. The molecule has 2 N–H and O–H groups in total. The number of hydrogen-bond acceptors (Lipinski definition) is 3. The van der Waals surface area contributed by atoms with E-state index < -0.39 is 6.10 Å². The molecule has 0 fully saturated rings. The molecule has 2 aromatic rings. The van der Waals surface area contributed by atoms with Gasteiger partial charge in [0.2, 0.25) is 0 Å². The normalized spacial score (nSPS) is 11.9. The van der Waals surface area contributed by atoms with Crippen molar-refractivity contribution in [1.82, 2.24) is 0 Å². The van der Waals surface area contributed by atoms with Gasteiger partial charge >= 0.3 is 0 Å². The van der Waals surface area contributed by atoms with Gasteiger partial charge in [0.15, 0.2) is 11.9 Å². The summed E-state index contributed by atoms with van der Waals surface area (Å²) in [6.07, 6.45) is 4.38. The fourth-order valence-electron chi connectivity index (χ4n) is 3.07. The zero-order chi connectivity index (χ0) is 21.6. The molecule has 6 heteroatoms. The van der Waals surface area contributed by atoms with E-state index in [1.54, 1.807) is 6.92 Å². The molecular weight excluding hydrogens is 409 g/mol. The van der Waals surface area contributed by atoms with Crippen LogP contribution in [0.1, 0.15) is 56.2 Å². The number of phenolic OH excluding ortho intramolecular Hbond substituents is 1. The van der Waals surface area contributed by atoms with E-state index in [9.17, 15) is 9.90 Å². The van der Waals surface area contributed by atoms with E-state index in [1.807, 2.05) is 26.0 Å². The van der Waals surface area contributed by atoms with Crippen LogP contribution < -0.4 is 10.1 Å². The van der Waals surface area contributed by atoms with E-state index >= 15 is 0 Å². The highest BCUT2D eigenvalue weighted by Gasteiger charge is 2.22. The maximum Gasteiger partial charge on any atom is 0.265 e. The molecule has 0 aliphatic rings. The van der Waals surface area contributed by atoms with Crippen LogP contribution in [0.5, 0.6) is 11.5 Å². The van der Waals surface area contributed by atoms with Crippen LogP contribution in [0.2, 0.25) is 10.0 Å². The van der Waals surface area contributed by atoms with Crippen molar-refractivity contribution in [2.24, 2.45) is 0 Å². The van der Waals surface area contributed by atoms with Crippen LogP contribution in [0.25, 0.3) is 0 Å². The molecule has 1 unspecified atom stereocenters. The van der Waals surface area contributed by atoms with Gasteiger partial charge in [-0.2, -0.15) is 0 Å². The lowest BCUT2D eigenvalue weighted by Crippen LogP contribution is -2.32. The van der Waals surface area contributed by atoms with Gasteiger partial charge in [-0.1, -0.05) is 62.0 Å². The summed E-state index contributed by atoms with van der Waals surface area (Å²) in [4.78, 5) is 12.7. The van der Waals surface area contributed by atoms with E-state index in [0.717, 1.165) is 12.0 Å². The number of carbonyl (C=O) groups is 1. The van der Waals surface area contributed by atoms with Crippen molar-refractivity contribution in [3.63, 3.8) is 0 Å². The van der Waals surface area contributed by atoms with E-state index in [1.165, 1.54) is 30.9 Å². The number of hydrogen-bond donors (Lipinski definition) is 2. The first-order valence-electron chi connectivity index (χ1n) is 10.0. The van der Waals surface area contributed by atoms with Crippen molar-refractivity contribution >= 4 is 34.8 Å². The maximum atomic E-state index is 12.7. The molecule has 2 aromatic carbocycles. The van der Waals surface area contributed by atoms with Gasteiger partial charge in [0.1, 0.15) is 5.75 Å². The molecule has 1 amide bonds. The van der Waals surface area contributed by atoms with Gasteiger partial charge in [-0.25, -0.2) is 0 Å². The van der Waals surface area contributed by atoms with E-state index in [-0.39, 0.29) is 22.4 Å². The lowest BCUT2D eigenvalue weighted by Gasteiger charge is -2.20. The first kappa shape index (κ1) is 23.4. The van der Waals surface area contributed by atoms with E-state index in [0.29, 0.717) is 22.8 Å². The molecule has 0 aliphatic carbocycles. The molecule has 0 aromatic heterocycles. The van der Waals surface area contributed by atoms with Crippen molar-refractivity contribution in [3.05, 3.63) is 51.0 Å². The van der Waals surface area contributed by atoms with Crippen LogP contribution in [-0.2, 0) is 11.2 Å². The molecule has 4 nitrogen and oxygen atoms in total. The molecule has 0 spiro atoms. The first-order chi connectivity index (χ1) is 13.8. The Balaban J connectivity index is 2.11. The zero-order valence-corrected chi connectivity index (χ0v) is 19.0. The van der Waals surface area contributed by atoms with Gasteiger partial charge in [0.05, 0.1) is 10.7 Å². The minimum absolute atomic E-state index is 0.122. The molecule has 2 rings (SSSR count).